The lowest BCUT2D eigenvalue weighted by molar-refractivity contribution is 0.0730. The first-order valence-electron chi connectivity index (χ1n) is 11.3. The fourth-order valence-electron chi connectivity index (χ4n) is 3.85. The molecule has 1 aliphatic rings. The molecule has 0 saturated carbocycles. The van der Waals surface area contributed by atoms with Crippen LogP contribution in [0.15, 0.2) is 47.5 Å². The van der Waals surface area contributed by atoms with Crippen molar-refractivity contribution in [1.29, 1.82) is 0 Å². The van der Waals surface area contributed by atoms with Gasteiger partial charge in [0.25, 0.3) is 0 Å². The van der Waals surface area contributed by atoms with E-state index in [4.69, 9.17) is 4.74 Å². The molecule has 0 bridgehead atoms. The van der Waals surface area contributed by atoms with E-state index >= 15 is 0 Å². The lowest BCUT2D eigenvalue weighted by Crippen LogP contribution is -2.49. The van der Waals surface area contributed by atoms with E-state index < -0.39 is 22.2 Å². The number of pyridine rings is 1. The van der Waals surface area contributed by atoms with Gasteiger partial charge >= 0.3 is 0 Å². The Morgan fingerprint density at radius 3 is 2.71 bits per heavy atom. The Labute approximate surface area is 202 Å². The Balaban J connectivity index is 1.99. The quantitative estimate of drug-likeness (QED) is 0.598. The summed E-state index contributed by atoms with van der Waals surface area (Å²) in [6.07, 6.45) is 0.625. The predicted molar refractivity (Wildman–Crippen MR) is 130 cm³/mol. The van der Waals surface area contributed by atoms with Gasteiger partial charge in [0, 0.05) is 43.4 Å². The fourth-order valence-corrected chi connectivity index (χ4v) is 5.67. The van der Waals surface area contributed by atoms with Crippen LogP contribution in [0.1, 0.15) is 32.0 Å². The number of benzene rings is 1. The molecule has 3 rings (SSSR count). The lowest BCUT2D eigenvalue weighted by Gasteiger charge is -2.37. The van der Waals surface area contributed by atoms with E-state index in [-0.39, 0.29) is 35.8 Å². The minimum atomic E-state index is -3.91. The van der Waals surface area contributed by atoms with Crippen molar-refractivity contribution in [2.24, 2.45) is 5.92 Å². The van der Waals surface area contributed by atoms with Crippen molar-refractivity contribution in [3.63, 3.8) is 0 Å². The first kappa shape index (κ1) is 26.1. The SMILES string of the molecule is C[C@H](O)C#Cc1ccc2c(c1)O[C@@H](CN(C)Cc1ccccn1)[C@H](C)CN([C@@H](C)CO)S2(=O)=O. The summed E-state index contributed by atoms with van der Waals surface area (Å²) in [5, 5.41) is 19.3. The summed E-state index contributed by atoms with van der Waals surface area (Å²) in [4.78, 5) is 6.51. The van der Waals surface area contributed by atoms with Crippen LogP contribution >= 0.6 is 0 Å². The molecule has 1 aliphatic heterocycles. The molecule has 1 aromatic heterocycles. The van der Waals surface area contributed by atoms with Gasteiger partial charge in [0.05, 0.1) is 12.3 Å². The fraction of sp³-hybridized carbons (Fsp3) is 0.480. The maximum Gasteiger partial charge on any atom is 0.247 e. The molecule has 0 amide bonds. The molecule has 9 heteroatoms. The number of ether oxygens (including phenoxy) is 1. The van der Waals surface area contributed by atoms with Gasteiger partial charge in [-0.15, -0.1) is 0 Å². The Kier molecular flexibility index (Phi) is 8.68. The number of hydrogen-bond acceptors (Lipinski definition) is 7. The molecule has 1 aromatic carbocycles. The Hall–Kier alpha value is -2.48. The highest BCUT2D eigenvalue weighted by atomic mass is 32.2. The molecule has 4 atom stereocenters. The molecule has 2 N–H and O–H groups in total. The summed E-state index contributed by atoms with van der Waals surface area (Å²) in [7, 11) is -1.94. The van der Waals surface area contributed by atoms with Gasteiger partial charge in [-0.25, -0.2) is 8.42 Å². The first-order valence-corrected chi connectivity index (χ1v) is 12.8. The van der Waals surface area contributed by atoms with E-state index in [1.807, 2.05) is 32.2 Å². The van der Waals surface area contributed by atoms with Crippen molar-refractivity contribution >= 4 is 10.0 Å². The van der Waals surface area contributed by atoms with Gasteiger partial charge in [-0.1, -0.05) is 24.8 Å². The van der Waals surface area contributed by atoms with Crippen molar-refractivity contribution in [3.8, 4) is 17.6 Å². The number of aliphatic hydroxyl groups excluding tert-OH is 2. The normalized spacial score (nSPS) is 21.9. The predicted octanol–water partition coefficient (Wildman–Crippen LogP) is 1.71. The summed E-state index contributed by atoms with van der Waals surface area (Å²) in [6, 6.07) is 9.88. The summed E-state index contributed by atoms with van der Waals surface area (Å²) in [5.41, 5.74) is 1.48. The third-order valence-electron chi connectivity index (χ3n) is 5.74. The average Bonchev–Trinajstić information content (AvgIpc) is 2.80. The second kappa shape index (κ2) is 11.3. The van der Waals surface area contributed by atoms with E-state index in [9.17, 15) is 18.6 Å². The van der Waals surface area contributed by atoms with Crippen LogP contribution in [0.4, 0.5) is 0 Å². The zero-order chi connectivity index (χ0) is 24.9. The Morgan fingerprint density at radius 2 is 2.06 bits per heavy atom. The number of hydrogen-bond donors (Lipinski definition) is 2. The van der Waals surface area contributed by atoms with E-state index in [0.29, 0.717) is 18.7 Å². The topological polar surface area (TPSA) is 103 Å². The average molecular weight is 488 g/mol. The third kappa shape index (κ3) is 6.34. The van der Waals surface area contributed by atoms with Crippen molar-refractivity contribution < 1.29 is 23.4 Å². The van der Waals surface area contributed by atoms with Gasteiger partial charge < -0.3 is 14.9 Å². The number of aromatic nitrogens is 1. The van der Waals surface area contributed by atoms with E-state index in [1.54, 1.807) is 32.2 Å². The van der Waals surface area contributed by atoms with Crippen LogP contribution in [0.5, 0.6) is 5.75 Å². The first-order chi connectivity index (χ1) is 16.1. The highest BCUT2D eigenvalue weighted by molar-refractivity contribution is 7.89. The highest BCUT2D eigenvalue weighted by Gasteiger charge is 2.38. The summed E-state index contributed by atoms with van der Waals surface area (Å²) < 4.78 is 34.7. The largest absolute Gasteiger partial charge is 0.487 e. The van der Waals surface area contributed by atoms with Crippen LogP contribution in [-0.2, 0) is 16.6 Å². The van der Waals surface area contributed by atoms with Gasteiger partial charge in [0.15, 0.2) is 0 Å². The summed E-state index contributed by atoms with van der Waals surface area (Å²) in [5.74, 6) is 5.59. The van der Waals surface area contributed by atoms with Crippen LogP contribution in [0, 0.1) is 17.8 Å². The van der Waals surface area contributed by atoms with Crippen LogP contribution < -0.4 is 4.74 Å². The van der Waals surface area contributed by atoms with Crippen molar-refractivity contribution in [1.82, 2.24) is 14.2 Å². The molecular weight excluding hydrogens is 454 g/mol. The van der Waals surface area contributed by atoms with Crippen molar-refractivity contribution in [3.05, 3.63) is 53.9 Å². The summed E-state index contributed by atoms with van der Waals surface area (Å²) in [6.45, 7) is 6.30. The van der Waals surface area contributed by atoms with Crippen molar-refractivity contribution in [2.45, 2.75) is 50.5 Å². The smallest absolute Gasteiger partial charge is 0.247 e. The van der Waals surface area contributed by atoms with Gasteiger partial charge in [-0.05, 0) is 51.2 Å². The van der Waals surface area contributed by atoms with Gasteiger partial charge in [0.1, 0.15) is 22.9 Å². The van der Waals surface area contributed by atoms with Crippen LogP contribution in [0.2, 0.25) is 0 Å². The minimum absolute atomic E-state index is 0.0414. The van der Waals surface area contributed by atoms with Crippen molar-refractivity contribution in [2.75, 3.05) is 26.7 Å². The minimum Gasteiger partial charge on any atom is -0.487 e. The monoisotopic (exact) mass is 487 g/mol. The molecule has 0 unspecified atom stereocenters. The molecular formula is C25H33N3O5S. The lowest BCUT2D eigenvalue weighted by atomic mass is 10.0. The summed E-state index contributed by atoms with van der Waals surface area (Å²) >= 11 is 0. The number of nitrogens with zero attached hydrogens (tertiary/aromatic N) is 3. The Morgan fingerprint density at radius 1 is 1.29 bits per heavy atom. The molecule has 34 heavy (non-hydrogen) atoms. The zero-order valence-corrected chi connectivity index (χ0v) is 20.9. The zero-order valence-electron chi connectivity index (χ0n) is 20.0. The van der Waals surface area contributed by atoms with E-state index in [2.05, 4.69) is 21.7 Å². The molecule has 2 aromatic rings. The van der Waals surface area contributed by atoms with Gasteiger partial charge in [-0.2, -0.15) is 4.31 Å². The molecule has 0 radical (unpaired) electrons. The van der Waals surface area contributed by atoms with E-state index in [1.165, 1.54) is 10.4 Å². The molecule has 184 valence electrons. The second-order valence-corrected chi connectivity index (χ2v) is 10.7. The maximum absolute atomic E-state index is 13.5. The molecule has 2 heterocycles. The van der Waals surface area contributed by atoms with Crippen LogP contribution in [-0.4, -0.2) is 77.8 Å². The number of rotatable bonds is 6. The standard InChI is InChI=1S/C25H33N3O5S/c1-18-14-28(19(2)17-29)34(31,32)25-11-10-21(9-8-20(3)30)13-23(25)33-24(18)16-27(4)15-22-7-5-6-12-26-22/h5-7,10-13,18-20,24,29-30H,14-17H2,1-4H3/t18-,19+,20+,24+/m1/s1. The third-order valence-corrected chi connectivity index (χ3v) is 7.76. The molecule has 8 nitrogen and oxygen atoms in total. The molecule has 0 saturated heterocycles. The number of sulfonamides is 1. The number of likely N-dealkylation sites (N-methyl/N-ethyl adjacent to an activating group) is 1. The highest BCUT2D eigenvalue weighted by Crippen LogP contribution is 2.34. The van der Waals surface area contributed by atoms with E-state index in [0.717, 1.165) is 5.69 Å². The Bertz CT molecular complexity index is 1130. The molecule has 0 aliphatic carbocycles. The molecule has 0 spiro atoms. The number of fused-ring (bicyclic) bond motifs is 1. The second-order valence-electron chi connectivity index (χ2n) is 8.86. The maximum atomic E-state index is 13.5. The molecule has 0 fully saturated rings. The van der Waals surface area contributed by atoms with Gasteiger partial charge in [0.2, 0.25) is 10.0 Å². The van der Waals surface area contributed by atoms with Gasteiger partial charge in [-0.3, -0.25) is 9.88 Å². The number of aliphatic hydroxyl groups is 2. The van der Waals surface area contributed by atoms with Crippen LogP contribution in [0.3, 0.4) is 0 Å². The van der Waals surface area contributed by atoms with Crippen LogP contribution in [0.25, 0.3) is 0 Å².